The SMILES string of the molecule is Cc1cnc2c(C(=O)NC3CCc4ccc(S(=O)(=O)NC5CCCC5)cc43)cnn2c1. The van der Waals surface area contributed by atoms with E-state index in [9.17, 15) is 13.2 Å². The first-order valence-electron chi connectivity index (χ1n) is 10.7. The van der Waals surface area contributed by atoms with Crippen molar-refractivity contribution in [3.8, 4) is 0 Å². The van der Waals surface area contributed by atoms with Crippen molar-refractivity contribution in [1.29, 1.82) is 0 Å². The molecule has 1 unspecified atom stereocenters. The Morgan fingerprint density at radius 3 is 2.77 bits per heavy atom. The smallest absolute Gasteiger partial charge is 0.257 e. The van der Waals surface area contributed by atoms with Crippen molar-refractivity contribution in [2.24, 2.45) is 0 Å². The number of amides is 1. The van der Waals surface area contributed by atoms with Gasteiger partial charge >= 0.3 is 0 Å². The topological polar surface area (TPSA) is 105 Å². The number of benzene rings is 1. The maximum Gasteiger partial charge on any atom is 0.257 e. The number of fused-ring (bicyclic) bond motifs is 2. The molecule has 8 nitrogen and oxygen atoms in total. The van der Waals surface area contributed by atoms with Gasteiger partial charge in [-0.25, -0.2) is 22.6 Å². The minimum atomic E-state index is -3.58. The quantitative estimate of drug-likeness (QED) is 0.636. The number of aryl methyl sites for hydroxylation is 2. The Bertz CT molecular complexity index is 1260. The molecule has 0 spiro atoms. The molecule has 1 fully saturated rings. The van der Waals surface area contributed by atoms with E-state index < -0.39 is 10.0 Å². The lowest BCUT2D eigenvalue weighted by Gasteiger charge is -2.16. The zero-order chi connectivity index (χ0) is 21.6. The summed E-state index contributed by atoms with van der Waals surface area (Å²) in [7, 11) is -3.58. The zero-order valence-corrected chi connectivity index (χ0v) is 18.2. The molecule has 162 valence electrons. The van der Waals surface area contributed by atoms with Crippen LogP contribution in [0.5, 0.6) is 0 Å². The van der Waals surface area contributed by atoms with Crippen LogP contribution in [-0.2, 0) is 16.4 Å². The van der Waals surface area contributed by atoms with Crippen LogP contribution < -0.4 is 10.0 Å². The number of sulfonamides is 1. The Morgan fingerprint density at radius 1 is 1.16 bits per heavy atom. The maximum atomic E-state index is 12.9. The lowest BCUT2D eigenvalue weighted by molar-refractivity contribution is 0.0938. The Balaban J connectivity index is 1.38. The fourth-order valence-corrected chi connectivity index (χ4v) is 5.93. The van der Waals surface area contributed by atoms with Gasteiger partial charge in [0.15, 0.2) is 5.65 Å². The van der Waals surface area contributed by atoms with Crippen LogP contribution in [0.25, 0.3) is 5.65 Å². The second-order valence-electron chi connectivity index (χ2n) is 8.49. The predicted molar refractivity (Wildman–Crippen MR) is 115 cm³/mol. The summed E-state index contributed by atoms with van der Waals surface area (Å²) in [5.74, 6) is -0.262. The van der Waals surface area contributed by atoms with Crippen LogP contribution in [0.1, 0.15) is 65.2 Å². The molecule has 1 atom stereocenters. The van der Waals surface area contributed by atoms with Crippen molar-refractivity contribution in [1.82, 2.24) is 24.6 Å². The van der Waals surface area contributed by atoms with Gasteiger partial charge < -0.3 is 5.32 Å². The third-order valence-corrected chi connectivity index (χ3v) is 7.74. The lowest BCUT2D eigenvalue weighted by atomic mass is 10.1. The molecular weight excluding hydrogens is 414 g/mol. The Hall–Kier alpha value is -2.78. The van der Waals surface area contributed by atoms with Crippen LogP contribution in [0.4, 0.5) is 0 Å². The molecule has 5 rings (SSSR count). The van der Waals surface area contributed by atoms with Gasteiger partial charge in [0, 0.05) is 18.4 Å². The highest BCUT2D eigenvalue weighted by Crippen LogP contribution is 2.33. The van der Waals surface area contributed by atoms with E-state index in [1.165, 1.54) is 6.20 Å². The average molecular weight is 440 g/mol. The zero-order valence-electron chi connectivity index (χ0n) is 17.3. The van der Waals surface area contributed by atoms with E-state index in [1.807, 2.05) is 19.2 Å². The van der Waals surface area contributed by atoms with E-state index in [0.717, 1.165) is 55.2 Å². The van der Waals surface area contributed by atoms with Crippen LogP contribution in [0.3, 0.4) is 0 Å². The summed E-state index contributed by atoms with van der Waals surface area (Å²) in [6.07, 6.45) is 10.4. The maximum absolute atomic E-state index is 12.9. The van der Waals surface area contributed by atoms with Crippen LogP contribution in [-0.4, -0.2) is 35.0 Å². The highest BCUT2D eigenvalue weighted by molar-refractivity contribution is 7.89. The van der Waals surface area contributed by atoms with Gasteiger partial charge in [0.2, 0.25) is 10.0 Å². The summed E-state index contributed by atoms with van der Waals surface area (Å²) in [6, 6.07) is 5.01. The van der Waals surface area contributed by atoms with E-state index in [1.54, 1.807) is 22.8 Å². The van der Waals surface area contributed by atoms with E-state index in [0.29, 0.717) is 11.2 Å². The van der Waals surface area contributed by atoms with Crippen LogP contribution >= 0.6 is 0 Å². The summed E-state index contributed by atoms with van der Waals surface area (Å²) in [5, 5.41) is 7.27. The summed E-state index contributed by atoms with van der Waals surface area (Å²) in [5.41, 5.74) is 3.78. The molecule has 3 aromatic rings. The fourth-order valence-electron chi connectivity index (χ4n) is 4.59. The lowest BCUT2D eigenvalue weighted by Crippen LogP contribution is -2.33. The van der Waals surface area contributed by atoms with Crippen molar-refractivity contribution < 1.29 is 13.2 Å². The van der Waals surface area contributed by atoms with E-state index in [4.69, 9.17) is 0 Å². The minimum Gasteiger partial charge on any atom is -0.345 e. The highest BCUT2D eigenvalue weighted by atomic mass is 32.2. The number of nitrogens with one attached hydrogen (secondary N) is 2. The van der Waals surface area contributed by atoms with E-state index in [2.05, 4.69) is 20.1 Å². The highest BCUT2D eigenvalue weighted by Gasteiger charge is 2.29. The number of carbonyl (C=O) groups is 1. The van der Waals surface area contributed by atoms with Crippen LogP contribution in [0.15, 0.2) is 41.7 Å². The van der Waals surface area contributed by atoms with Gasteiger partial charge in [-0.2, -0.15) is 5.10 Å². The first kappa shape index (κ1) is 20.1. The molecule has 1 saturated carbocycles. The van der Waals surface area contributed by atoms with Crippen LogP contribution in [0, 0.1) is 6.92 Å². The molecule has 0 bridgehead atoms. The number of aromatic nitrogens is 3. The first-order valence-corrected chi connectivity index (χ1v) is 12.1. The van der Waals surface area contributed by atoms with E-state index >= 15 is 0 Å². The van der Waals surface area contributed by atoms with Gasteiger partial charge in [-0.15, -0.1) is 0 Å². The van der Waals surface area contributed by atoms with Crippen molar-refractivity contribution in [3.05, 3.63) is 59.0 Å². The summed E-state index contributed by atoms with van der Waals surface area (Å²) >= 11 is 0. The molecule has 31 heavy (non-hydrogen) atoms. The molecule has 0 radical (unpaired) electrons. The first-order chi connectivity index (χ1) is 14.9. The Morgan fingerprint density at radius 2 is 1.97 bits per heavy atom. The van der Waals surface area contributed by atoms with E-state index in [-0.39, 0.29) is 22.9 Å². The van der Waals surface area contributed by atoms with Gasteiger partial charge in [0.05, 0.1) is 17.1 Å². The normalized spacial score (nSPS) is 19.1. The molecule has 2 aliphatic rings. The molecule has 2 N–H and O–H groups in total. The molecule has 2 aliphatic carbocycles. The second kappa shape index (κ2) is 7.72. The summed E-state index contributed by atoms with van der Waals surface area (Å²) in [4.78, 5) is 17.5. The van der Waals surface area contributed by atoms with Crippen molar-refractivity contribution in [2.45, 2.75) is 62.4 Å². The van der Waals surface area contributed by atoms with Gasteiger partial charge in [-0.3, -0.25) is 4.79 Å². The number of hydrogen-bond donors (Lipinski definition) is 2. The third kappa shape index (κ3) is 3.83. The fraction of sp³-hybridized carbons (Fsp3) is 0.409. The molecule has 2 aromatic heterocycles. The Kier molecular flexibility index (Phi) is 5.02. The summed E-state index contributed by atoms with van der Waals surface area (Å²) < 4.78 is 30.1. The standard InChI is InChI=1S/C22H25N5O3S/c1-14-11-23-21-19(12-24-27(21)13-14)22(28)25-20-9-7-15-6-8-17(10-18(15)20)31(29,30)26-16-4-2-3-5-16/h6,8,10-13,16,20,26H,2-5,7,9H2,1H3,(H,25,28). The van der Waals surface area contributed by atoms with Gasteiger partial charge in [0.1, 0.15) is 5.56 Å². The van der Waals surface area contributed by atoms with Gasteiger partial charge in [-0.05, 0) is 61.4 Å². The van der Waals surface area contributed by atoms with Gasteiger partial charge in [0.25, 0.3) is 5.91 Å². The second-order valence-corrected chi connectivity index (χ2v) is 10.2. The monoisotopic (exact) mass is 439 g/mol. The molecule has 2 heterocycles. The molecule has 1 aromatic carbocycles. The van der Waals surface area contributed by atoms with Gasteiger partial charge in [-0.1, -0.05) is 18.9 Å². The van der Waals surface area contributed by atoms with Crippen molar-refractivity contribution in [2.75, 3.05) is 0 Å². The summed E-state index contributed by atoms with van der Waals surface area (Å²) in [6.45, 7) is 1.91. The largest absolute Gasteiger partial charge is 0.345 e. The molecular formula is C22H25N5O3S. The molecule has 9 heteroatoms. The van der Waals surface area contributed by atoms with Crippen molar-refractivity contribution in [3.63, 3.8) is 0 Å². The molecule has 0 saturated heterocycles. The molecule has 1 amide bonds. The molecule has 0 aliphatic heterocycles. The minimum absolute atomic E-state index is 0.0144. The third-order valence-electron chi connectivity index (χ3n) is 6.22. The number of nitrogens with zero attached hydrogens (tertiary/aromatic N) is 3. The average Bonchev–Trinajstić information content (AvgIpc) is 3.47. The predicted octanol–water partition coefficient (Wildman–Crippen LogP) is 2.68. The van der Waals surface area contributed by atoms with Crippen molar-refractivity contribution >= 4 is 21.6 Å². The Labute approximate surface area is 181 Å². The van der Waals surface area contributed by atoms with Crippen LogP contribution in [0.2, 0.25) is 0 Å². The number of carbonyl (C=O) groups excluding carboxylic acids is 1. The number of rotatable bonds is 5. The number of hydrogen-bond acceptors (Lipinski definition) is 5.